The number of carbonyl (C=O) groups is 1. The Morgan fingerprint density at radius 3 is 3.18 bits per heavy atom. The molecule has 7 heteroatoms. The number of furan rings is 1. The summed E-state index contributed by atoms with van der Waals surface area (Å²) in [6.07, 6.45) is 3.62. The maximum Gasteiger partial charge on any atom is 0.221 e. The Bertz CT molecular complexity index is 768. The highest BCUT2D eigenvalue weighted by atomic mass is 32.2. The molecule has 3 aromatic rings. The molecule has 0 atom stereocenters. The summed E-state index contributed by atoms with van der Waals surface area (Å²) in [6, 6.07) is 5.74. The first kappa shape index (κ1) is 15.1. The number of carbonyl (C=O) groups excluding carboxylic acids is 1. The molecule has 0 aliphatic rings. The van der Waals surface area contributed by atoms with Crippen LogP contribution in [-0.2, 0) is 11.3 Å². The average Bonchev–Trinajstić information content (AvgIpc) is 3.13. The van der Waals surface area contributed by atoms with Gasteiger partial charge in [-0.15, -0.1) is 23.1 Å². The summed E-state index contributed by atoms with van der Waals surface area (Å²) in [4.78, 5) is 22.6. The molecule has 0 saturated heterocycles. The fourth-order valence-electron chi connectivity index (χ4n) is 2.00. The Hall–Kier alpha value is -1.86. The number of aryl methyl sites for hydroxylation is 1. The molecular weight excluding hydrogens is 318 g/mol. The van der Waals surface area contributed by atoms with E-state index in [0.29, 0.717) is 18.7 Å². The van der Waals surface area contributed by atoms with Crippen LogP contribution < -0.4 is 5.32 Å². The van der Waals surface area contributed by atoms with Gasteiger partial charge in [-0.2, -0.15) is 0 Å². The van der Waals surface area contributed by atoms with E-state index in [-0.39, 0.29) is 5.91 Å². The highest BCUT2D eigenvalue weighted by Crippen LogP contribution is 2.30. The molecule has 0 fully saturated rings. The summed E-state index contributed by atoms with van der Waals surface area (Å²) in [5.41, 5.74) is 0. The summed E-state index contributed by atoms with van der Waals surface area (Å²) in [6.45, 7) is 2.49. The molecule has 0 bridgehead atoms. The Balaban J connectivity index is 1.50. The summed E-state index contributed by atoms with van der Waals surface area (Å²) < 4.78 is 5.17. The minimum atomic E-state index is 0.00991. The molecule has 0 aliphatic carbocycles. The number of nitrogens with zero attached hydrogens (tertiary/aromatic N) is 2. The molecule has 3 aromatic heterocycles. The van der Waals surface area contributed by atoms with E-state index < -0.39 is 0 Å². The van der Waals surface area contributed by atoms with Gasteiger partial charge in [0.2, 0.25) is 5.91 Å². The van der Waals surface area contributed by atoms with Crippen molar-refractivity contribution >= 4 is 39.2 Å². The van der Waals surface area contributed by atoms with Crippen molar-refractivity contribution in [1.29, 1.82) is 0 Å². The van der Waals surface area contributed by atoms with Gasteiger partial charge >= 0.3 is 0 Å². The summed E-state index contributed by atoms with van der Waals surface area (Å²) in [5, 5.41) is 4.85. The van der Waals surface area contributed by atoms with Gasteiger partial charge in [-0.25, -0.2) is 9.97 Å². The Labute approximate surface area is 136 Å². The number of nitrogens with one attached hydrogen (secondary N) is 1. The number of rotatable bonds is 6. The second-order valence-corrected chi connectivity index (χ2v) is 7.03. The third-order valence-corrected chi connectivity index (χ3v) is 4.99. The standard InChI is InChI=1S/C15H15N3O2S2/c1-10-7-12-14(17-9-18-15(12)22-10)21-6-4-13(19)16-8-11-3-2-5-20-11/h2-3,5,7,9H,4,6,8H2,1H3,(H,16,19). The van der Waals surface area contributed by atoms with Crippen molar-refractivity contribution in [3.8, 4) is 0 Å². The molecule has 22 heavy (non-hydrogen) atoms. The largest absolute Gasteiger partial charge is 0.467 e. The van der Waals surface area contributed by atoms with E-state index in [2.05, 4.69) is 28.3 Å². The number of thioether (sulfide) groups is 1. The van der Waals surface area contributed by atoms with Crippen molar-refractivity contribution in [2.24, 2.45) is 0 Å². The fourth-order valence-corrected chi connectivity index (χ4v) is 3.82. The SMILES string of the molecule is Cc1cc2c(SCCC(=O)NCc3ccco3)ncnc2s1. The zero-order chi connectivity index (χ0) is 15.4. The molecule has 0 unspecified atom stereocenters. The molecule has 114 valence electrons. The predicted octanol–water partition coefficient (Wildman–Crippen LogP) is 3.39. The van der Waals surface area contributed by atoms with Gasteiger partial charge in [0.05, 0.1) is 12.8 Å². The predicted molar refractivity (Wildman–Crippen MR) is 88.0 cm³/mol. The monoisotopic (exact) mass is 333 g/mol. The molecule has 3 rings (SSSR count). The molecule has 0 radical (unpaired) electrons. The van der Waals surface area contributed by atoms with E-state index in [1.807, 2.05) is 6.07 Å². The van der Waals surface area contributed by atoms with Crippen LogP contribution >= 0.6 is 23.1 Å². The number of hydrogen-bond acceptors (Lipinski definition) is 6. The number of hydrogen-bond donors (Lipinski definition) is 1. The Kier molecular flexibility index (Phi) is 4.74. The van der Waals surface area contributed by atoms with E-state index >= 15 is 0 Å². The first-order valence-electron chi connectivity index (χ1n) is 6.85. The van der Waals surface area contributed by atoms with Crippen LogP contribution in [0.4, 0.5) is 0 Å². The third kappa shape index (κ3) is 3.66. The van der Waals surface area contributed by atoms with Crippen molar-refractivity contribution in [2.45, 2.75) is 24.9 Å². The highest BCUT2D eigenvalue weighted by molar-refractivity contribution is 7.99. The van der Waals surface area contributed by atoms with E-state index in [4.69, 9.17) is 4.42 Å². The van der Waals surface area contributed by atoms with E-state index in [1.165, 1.54) is 4.88 Å². The summed E-state index contributed by atoms with van der Waals surface area (Å²) in [5.74, 6) is 1.45. The van der Waals surface area contributed by atoms with Crippen LogP contribution in [-0.4, -0.2) is 21.6 Å². The van der Waals surface area contributed by atoms with Gasteiger partial charge in [0, 0.05) is 22.4 Å². The smallest absolute Gasteiger partial charge is 0.221 e. The summed E-state index contributed by atoms with van der Waals surface area (Å²) >= 11 is 3.24. The zero-order valence-corrected chi connectivity index (χ0v) is 13.7. The van der Waals surface area contributed by atoms with Gasteiger partial charge in [0.1, 0.15) is 21.9 Å². The maximum absolute atomic E-state index is 11.8. The maximum atomic E-state index is 11.8. The second kappa shape index (κ2) is 6.93. The van der Waals surface area contributed by atoms with Gasteiger partial charge in [0.25, 0.3) is 0 Å². The van der Waals surface area contributed by atoms with Crippen LogP contribution in [0.3, 0.4) is 0 Å². The first-order valence-corrected chi connectivity index (χ1v) is 8.65. The molecule has 0 spiro atoms. The van der Waals surface area contributed by atoms with Crippen molar-refractivity contribution in [2.75, 3.05) is 5.75 Å². The van der Waals surface area contributed by atoms with E-state index in [1.54, 1.807) is 41.8 Å². The van der Waals surface area contributed by atoms with Crippen LogP contribution in [0.15, 0.2) is 40.2 Å². The topological polar surface area (TPSA) is 68.0 Å². The molecular formula is C15H15N3O2S2. The zero-order valence-electron chi connectivity index (χ0n) is 12.0. The van der Waals surface area contributed by atoms with Crippen molar-refractivity contribution in [3.05, 3.63) is 41.4 Å². The van der Waals surface area contributed by atoms with Gasteiger partial charge in [-0.1, -0.05) is 0 Å². The van der Waals surface area contributed by atoms with Crippen LogP contribution in [0.25, 0.3) is 10.2 Å². The van der Waals surface area contributed by atoms with E-state index in [0.717, 1.165) is 21.0 Å². The van der Waals surface area contributed by atoms with Crippen molar-refractivity contribution in [1.82, 2.24) is 15.3 Å². The van der Waals surface area contributed by atoms with Crippen molar-refractivity contribution in [3.63, 3.8) is 0 Å². The molecule has 0 aromatic carbocycles. The van der Waals surface area contributed by atoms with Gasteiger partial charge in [-0.05, 0) is 25.1 Å². The normalized spacial score (nSPS) is 11.0. The van der Waals surface area contributed by atoms with Crippen LogP contribution in [0, 0.1) is 6.92 Å². The quantitative estimate of drug-likeness (QED) is 0.553. The Morgan fingerprint density at radius 1 is 1.45 bits per heavy atom. The van der Waals surface area contributed by atoms with E-state index in [9.17, 15) is 4.79 Å². The first-order chi connectivity index (χ1) is 10.7. The van der Waals surface area contributed by atoms with Crippen LogP contribution in [0.1, 0.15) is 17.1 Å². The highest BCUT2D eigenvalue weighted by Gasteiger charge is 2.09. The Morgan fingerprint density at radius 2 is 2.36 bits per heavy atom. The molecule has 1 N–H and O–H groups in total. The summed E-state index contributed by atoms with van der Waals surface area (Å²) in [7, 11) is 0. The van der Waals surface area contributed by atoms with Gasteiger partial charge in [0.15, 0.2) is 0 Å². The number of amides is 1. The fraction of sp³-hybridized carbons (Fsp3) is 0.267. The van der Waals surface area contributed by atoms with Crippen molar-refractivity contribution < 1.29 is 9.21 Å². The lowest BCUT2D eigenvalue weighted by atomic mass is 10.4. The number of fused-ring (bicyclic) bond motifs is 1. The third-order valence-electron chi connectivity index (χ3n) is 3.02. The lowest BCUT2D eigenvalue weighted by Gasteiger charge is -2.04. The minimum Gasteiger partial charge on any atom is -0.467 e. The van der Waals surface area contributed by atoms with Crippen LogP contribution in [0.2, 0.25) is 0 Å². The van der Waals surface area contributed by atoms with Gasteiger partial charge < -0.3 is 9.73 Å². The average molecular weight is 333 g/mol. The van der Waals surface area contributed by atoms with Gasteiger partial charge in [-0.3, -0.25) is 4.79 Å². The lowest BCUT2D eigenvalue weighted by Crippen LogP contribution is -2.22. The number of aromatic nitrogens is 2. The second-order valence-electron chi connectivity index (χ2n) is 4.71. The lowest BCUT2D eigenvalue weighted by molar-refractivity contribution is -0.120. The van der Waals surface area contributed by atoms with Crippen LogP contribution in [0.5, 0.6) is 0 Å². The molecule has 5 nitrogen and oxygen atoms in total. The number of thiophene rings is 1. The molecule has 3 heterocycles. The molecule has 0 saturated carbocycles. The minimum absolute atomic E-state index is 0.00991. The molecule has 0 aliphatic heterocycles. The molecule has 1 amide bonds.